The van der Waals surface area contributed by atoms with E-state index < -0.39 is 5.41 Å². The molecular formula is C49H31NO2. The van der Waals surface area contributed by atoms with Crippen molar-refractivity contribution in [2.24, 2.45) is 0 Å². The van der Waals surface area contributed by atoms with E-state index in [9.17, 15) is 0 Å². The van der Waals surface area contributed by atoms with E-state index in [1.54, 1.807) is 0 Å². The highest BCUT2D eigenvalue weighted by Gasteiger charge is 2.51. The standard InChI is InChI=1S/C49H31NO2/c1-2-13-34(14-3-1)50(35-28-25-32(26-29-35)33-27-30-46-39(31-33)38-17-6-10-23-45(38)51-46)44-22-12-21-43-48(44)52-47-24-11-9-20-42(47)49(43)40-18-7-4-15-36(40)37-16-5-8-19-41(37)49/h1-31H. The second kappa shape index (κ2) is 11.1. The summed E-state index contributed by atoms with van der Waals surface area (Å²) in [5.41, 5.74) is 14.0. The first-order valence-electron chi connectivity index (χ1n) is 17.8. The Labute approximate surface area is 301 Å². The summed E-state index contributed by atoms with van der Waals surface area (Å²) >= 11 is 0. The third kappa shape index (κ3) is 4.02. The van der Waals surface area contributed by atoms with Gasteiger partial charge in [0.1, 0.15) is 16.9 Å². The minimum absolute atomic E-state index is 0.532. The summed E-state index contributed by atoms with van der Waals surface area (Å²) in [6.45, 7) is 0. The number of furan rings is 1. The highest BCUT2D eigenvalue weighted by molar-refractivity contribution is 6.06. The monoisotopic (exact) mass is 665 g/mol. The number of benzene rings is 8. The molecule has 0 saturated carbocycles. The summed E-state index contributed by atoms with van der Waals surface area (Å²) < 4.78 is 13.2. The van der Waals surface area contributed by atoms with Crippen LogP contribution >= 0.6 is 0 Å². The molecule has 52 heavy (non-hydrogen) atoms. The van der Waals surface area contributed by atoms with Gasteiger partial charge in [-0.2, -0.15) is 0 Å². The fourth-order valence-corrected chi connectivity index (χ4v) is 8.75. The number of ether oxygens (including phenoxy) is 1. The quantitative estimate of drug-likeness (QED) is 0.187. The number of anilines is 3. The Hall–Kier alpha value is -6.84. The number of nitrogens with zero attached hydrogens (tertiary/aromatic N) is 1. The van der Waals surface area contributed by atoms with Gasteiger partial charge in [-0.1, -0.05) is 133 Å². The molecule has 244 valence electrons. The lowest BCUT2D eigenvalue weighted by molar-refractivity contribution is 0.437. The molecule has 0 unspecified atom stereocenters. The van der Waals surface area contributed by atoms with Crippen LogP contribution in [-0.2, 0) is 5.41 Å². The van der Waals surface area contributed by atoms with E-state index in [4.69, 9.17) is 9.15 Å². The Bertz CT molecular complexity index is 2790. The zero-order valence-corrected chi connectivity index (χ0v) is 28.2. The third-order valence-electron chi connectivity index (χ3n) is 10.9. The number of fused-ring (bicyclic) bond motifs is 12. The number of hydrogen-bond donors (Lipinski definition) is 0. The molecule has 0 saturated heterocycles. The molecule has 11 rings (SSSR count). The summed E-state index contributed by atoms with van der Waals surface area (Å²) in [4.78, 5) is 2.32. The highest BCUT2D eigenvalue weighted by atomic mass is 16.5. The second-order valence-electron chi connectivity index (χ2n) is 13.6. The molecule has 3 heteroatoms. The molecular weight excluding hydrogens is 635 g/mol. The molecule has 0 radical (unpaired) electrons. The third-order valence-corrected chi connectivity index (χ3v) is 10.9. The Morgan fingerprint density at radius 3 is 1.79 bits per heavy atom. The average molecular weight is 666 g/mol. The van der Waals surface area contributed by atoms with E-state index in [0.717, 1.165) is 72.8 Å². The Morgan fingerprint density at radius 1 is 0.404 bits per heavy atom. The van der Waals surface area contributed by atoms with Crippen LogP contribution in [0.4, 0.5) is 17.1 Å². The van der Waals surface area contributed by atoms with Crippen molar-refractivity contribution in [2.75, 3.05) is 4.90 Å². The van der Waals surface area contributed by atoms with Crippen molar-refractivity contribution in [1.29, 1.82) is 0 Å². The maximum absolute atomic E-state index is 7.06. The van der Waals surface area contributed by atoms with E-state index in [0.29, 0.717) is 0 Å². The molecule has 2 aliphatic rings. The van der Waals surface area contributed by atoms with E-state index in [1.807, 2.05) is 12.1 Å². The molecule has 1 aliphatic heterocycles. The first kappa shape index (κ1) is 28.9. The Kier molecular flexibility index (Phi) is 6.17. The molecule has 0 atom stereocenters. The summed E-state index contributed by atoms with van der Waals surface area (Å²) in [5, 5.41) is 2.26. The van der Waals surface area contributed by atoms with Crippen LogP contribution in [0.1, 0.15) is 22.3 Å². The van der Waals surface area contributed by atoms with Crippen LogP contribution < -0.4 is 9.64 Å². The van der Waals surface area contributed by atoms with Gasteiger partial charge >= 0.3 is 0 Å². The van der Waals surface area contributed by atoms with Crippen molar-refractivity contribution in [3.8, 4) is 33.8 Å². The fraction of sp³-hybridized carbons (Fsp3) is 0.0204. The number of hydrogen-bond acceptors (Lipinski definition) is 3. The SMILES string of the molecule is c1ccc(N(c2ccc(-c3ccc4oc5ccccc5c4c3)cc2)c2cccc3c2Oc2ccccc2C32c3ccccc3-c3ccccc32)cc1. The van der Waals surface area contributed by atoms with Crippen LogP contribution in [0.5, 0.6) is 11.5 Å². The molecule has 2 heterocycles. The van der Waals surface area contributed by atoms with Crippen LogP contribution in [0.25, 0.3) is 44.2 Å². The zero-order chi connectivity index (χ0) is 34.2. The first-order valence-corrected chi connectivity index (χ1v) is 17.8. The van der Waals surface area contributed by atoms with E-state index >= 15 is 0 Å². The molecule has 1 aromatic heterocycles. The highest BCUT2D eigenvalue weighted by Crippen LogP contribution is 2.63. The van der Waals surface area contributed by atoms with Crippen molar-refractivity contribution >= 4 is 39.0 Å². The van der Waals surface area contributed by atoms with Gasteiger partial charge in [0, 0.05) is 33.3 Å². The second-order valence-corrected chi connectivity index (χ2v) is 13.6. The van der Waals surface area contributed by atoms with Gasteiger partial charge in [0.2, 0.25) is 0 Å². The minimum atomic E-state index is -0.532. The maximum atomic E-state index is 7.06. The van der Waals surface area contributed by atoms with Gasteiger partial charge < -0.3 is 14.1 Å². The maximum Gasteiger partial charge on any atom is 0.156 e. The molecule has 1 aliphatic carbocycles. The summed E-state index contributed by atoms with van der Waals surface area (Å²) in [6, 6.07) is 67.1. The molecule has 0 amide bonds. The van der Waals surface area contributed by atoms with Gasteiger partial charge in [0.25, 0.3) is 0 Å². The van der Waals surface area contributed by atoms with Crippen LogP contribution in [0.15, 0.2) is 192 Å². The average Bonchev–Trinajstić information content (AvgIpc) is 3.73. The van der Waals surface area contributed by atoms with Crippen LogP contribution in [0.3, 0.4) is 0 Å². The van der Waals surface area contributed by atoms with Crippen molar-refractivity contribution in [1.82, 2.24) is 0 Å². The number of para-hydroxylation sites is 4. The molecule has 9 aromatic rings. The van der Waals surface area contributed by atoms with Gasteiger partial charge in [-0.05, 0) is 88.0 Å². The largest absolute Gasteiger partial charge is 0.456 e. The fourth-order valence-electron chi connectivity index (χ4n) is 8.75. The summed E-state index contributed by atoms with van der Waals surface area (Å²) in [7, 11) is 0. The lowest BCUT2D eigenvalue weighted by Gasteiger charge is -2.41. The molecule has 0 N–H and O–H groups in total. The van der Waals surface area contributed by atoms with E-state index in [1.165, 1.54) is 22.3 Å². The molecule has 8 aromatic carbocycles. The lowest BCUT2D eigenvalue weighted by atomic mass is 9.66. The van der Waals surface area contributed by atoms with Crippen LogP contribution in [-0.4, -0.2) is 0 Å². The van der Waals surface area contributed by atoms with Crippen LogP contribution in [0, 0.1) is 0 Å². The molecule has 0 bridgehead atoms. The zero-order valence-electron chi connectivity index (χ0n) is 28.2. The summed E-state index contributed by atoms with van der Waals surface area (Å²) in [6.07, 6.45) is 0. The Balaban J connectivity index is 1.10. The van der Waals surface area contributed by atoms with Crippen molar-refractivity contribution in [3.63, 3.8) is 0 Å². The van der Waals surface area contributed by atoms with Crippen molar-refractivity contribution in [3.05, 3.63) is 210 Å². The number of rotatable bonds is 4. The van der Waals surface area contributed by atoms with Gasteiger partial charge in [-0.3, -0.25) is 0 Å². The van der Waals surface area contributed by atoms with E-state index in [2.05, 4.69) is 181 Å². The normalized spacial score (nSPS) is 13.3. The van der Waals surface area contributed by atoms with E-state index in [-0.39, 0.29) is 0 Å². The van der Waals surface area contributed by atoms with Gasteiger partial charge in [0.15, 0.2) is 5.75 Å². The summed E-state index contributed by atoms with van der Waals surface area (Å²) in [5.74, 6) is 1.73. The smallest absolute Gasteiger partial charge is 0.156 e. The predicted molar refractivity (Wildman–Crippen MR) is 211 cm³/mol. The van der Waals surface area contributed by atoms with Gasteiger partial charge in [-0.15, -0.1) is 0 Å². The molecule has 1 spiro atoms. The van der Waals surface area contributed by atoms with Gasteiger partial charge in [-0.25, -0.2) is 0 Å². The first-order chi connectivity index (χ1) is 25.8. The predicted octanol–water partition coefficient (Wildman–Crippen LogP) is 13.2. The molecule has 3 nitrogen and oxygen atoms in total. The van der Waals surface area contributed by atoms with Crippen molar-refractivity contribution in [2.45, 2.75) is 5.41 Å². The minimum Gasteiger partial charge on any atom is -0.456 e. The van der Waals surface area contributed by atoms with Crippen LogP contribution in [0.2, 0.25) is 0 Å². The lowest BCUT2D eigenvalue weighted by Crippen LogP contribution is -2.32. The Morgan fingerprint density at radius 2 is 1.00 bits per heavy atom. The molecule has 0 fully saturated rings. The van der Waals surface area contributed by atoms with Gasteiger partial charge in [0.05, 0.1) is 11.1 Å². The van der Waals surface area contributed by atoms with Crippen molar-refractivity contribution < 1.29 is 9.15 Å². The topological polar surface area (TPSA) is 25.6 Å².